The van der Waals surface area contributed by atoms with Gasteiger partial charge in [0.05, 0.1) is 5.39 Å². The molecule has 0 radical (unpaired) electrons. The lowest BCUT2D eigenvalue weighted by Crippen LogP contribution is -2.20. The summed E-state index contributed by atoms with van der Waals surface area (Å²) in [6.07, 6.45) is 1.80. The number of hydrogen-bond acceptors (Lipinski definition) is 3. The summed E-state index contributed by atoms with van der Waals surface area (Å²) in [4.78, 5) is 16.1. The Labute approximate surface area is 120 Å². The second-order valence-corrected chi connectivity index (χ2v) is 5.45. The van der Waals surface area contributed by atoms with Crippen LogP contribution < -0.4 is 5.56 Å². The molecule has 0 aliphatic carbocycles. The average Bonchev–Trinajstić information content (AvgIpc) is 2.87. The van der Waals surface area contributed by atoms with Crippen molar-refractivity contribution in [2.24, 2.45) is 0 Å². The lowest BCUT2D eigenvalue weighted by atomic mass is 10.1. The topological polar surface area (TPSA) is 63.6 Å². The molecule has 0 unspecified atom stereocenters. The Morgan fingerprint density at radius 1 is 1.10 bits per heavy atom. The van der Waals surface area contributed by atoms with Gasteiger partial charge in [-0.1, -0.05) is 18.2 Å². The Kier molecular flexibility index (Phi) is 2.39. The molecule has 104 valence electrons. The predicted molar refractivity (Wildman–Crippen MR) is 83.5 cm³/mol. The van der Waals surface area contributed by atoms with Crippen LogP contribution in [0.5, 0.6) is 0 Å². The van der Waals surface area contributed by atoms with Crippen LogP contribution in [0.2, 0.25) is 0 Å². The molecule has 1 N–H and O–H groups in total. The van der Waals surface area contributed by atoms with Gasteiger partial charge < -0.3 is 4.98 Å². The highest BCUT2D eigenvalue weighted by Gasteiger charge is 2.16. The number of pyridine rings is 1. The second-order valence-electron chi connectivity index (χ2n) is 5.45. The fourth-order valence-electron chi connectivity index (χ4n) is 2.93. The van der Waals surface area contributed by atoms with Gasteiger partial charge >= 0.3 is 0 Å². The molecule has 0 saturated carbocycles. The summed E-state index contributed by atoms with van der Waals surface area (Å²) in [6, 6.07) is 9.49. The maximum Gasteiger partial charge on any atom is 0.260 e. The minimum atomic E-state index is -0.0117. The summed E-state index contributed by atoms with van der Waals surface area (Å²) in [6.45, 7) is 4.00. The minimum Gasteiger partial charge on any atom is -0.347 e. The Balaban J connectivity index is 2.49. The number of H-pyrrole nitrogens is 1. The Hall–Kier alpha value is -2.69. The molecule has 4 rings (SSSR count). The summed E-state index contributed by atoms with van der Waals surface area (Å²) in [5.74, 6) is 0. The molecule has 0 fully saturated rings. The van der Waals surface area contributed by atoms with Crippen LogP contribution in [-0.4, -0.2) is 19.7 Å². The Morgan fingerprint density at radius 2 is 1.86 bits per heavy atom. The van der Waals surface area contributed by atoms with E-state index in [4.69, 9.17) is 0 Å². The van der Waals surface area contributed by atoms with E-state index in [2.05, 4.69) is 15.2 Å². The lowest BCUT2D eigenvalue weighted by Gasteiger charge is -2.10. The van der Waals surface area contributed by atoms with Crippen molar-refractivity contribution in [3.05, 3.63) is 46.9 Å². The fourth-order valence-corrected chi connectivity index (χ4v) is 2.93. The standard InChI is InChI=1S/C16H14N4O/c1-9(2)20-15-13-12(7-8-17-15)18-19-14(13)10-5-3-4-6-11(10)16(20)21/h3-9,17H,1-2H3. The van der Waals surface area contributed by atoms with Gasteiger partial charge in [0.15, 0.2) is 0 Å². The predicted octanol–water partition coefficient (Wildman–Crippen LogP) is 3.01. The maximum absolute atomic E-state index is 12.9. The number of aromatic amines is 1. The highest BCUT2D eigenvalue weighted by Crippen LogP contribution is 2.27. The maximum atomic E-state index is 12.9. The Bertz CT molecular complexity index is 1040. The molecule has 3 heterocycles. The van der Waals surface area contributed by atoms with Crippen LogP contribution in [0.25, 0.3) is 32.8 Å². The molecule has 5 nitrogen and oxygen atoms in total. The summed E-state index contributed by atoms with van der Waals surface area (Å²) in [5, 5.41) is 11.0. The molecular formula is C16H14N4O. The van der Waals surface area contributed by atoms with Crippen molar-refractivity contribution in [2.75, 3.05) is 0 Å². The van der Waals surface area contributed by atoms with E-state index < -0.39 is 0 Å². The van der Waals surface area contributed by atoms with Crippen molar-refractivity contribution in [2.45, 2.75) is 19.9 Å². The third-order valence-corrected chi connectivity index (χ3v) is 3.84. The second kappa shape index (κ2) is 4.15. The number of benzene rings is 1. The number of nitrogens with zero attached hydrogens (tertiary/aromatic N) is 3. The van der Waals surface area contributed by atoms with E-state index in [0.717, 1.165) is 27.5 Å². The average molecular weight is 278 g/mol. The van der Waals surface area contributed by atoms with Crippen molar-refractivity contribution in [1.29, 1.82) is 0 Å². The molecule has 0 saturated heterocycles. The van der Waals surface area contributed by atoms with Crippen LogP contribution in [0.15, 0.2) is 41.3 Å². The van der Waals surface area contributed by atoms with Gasteiger partial charge in [-0.15, -0.1) is 10.2 Å². The zero-order valence-electron chi connectivity index (χ0n) is 11.8. The first-order chi connectivity index (χ1) is 10.2. The van der Waals surface area contributed by atoms with E-state index in [1.165, 1.54) is 0 Å². The summed E-state index contributed by atoms with van der Waals surface area (Å²) < 4.78 is 1.78. The van der Waals surface area contributed by atoms with Crippen molar-refractivity contribution in [1.82, 2.24) is 19.7 Å². The summed E-state index contributed by atoms with van der Waals surface area (Å²) in [7, 11) is 0. The molecule has 21 heavy (non-hydrogen) atoms. The van der Waals surface area contributed by atoms with Gasteiger partial charge in [0.2, 0.25) is 0 Å². The van der Waals surface area contributed by atoms with Gasteiger partial charge in [-0.3, -0.25) is 9.36 Å². The molecular weight excluding hydrogens is 264 g/mol. The van der Waals surface area contributed by atoms with Crippen molar-refractivity contribution < 1.29 is 0 Å². The normalized spacial score (nSPS) is 12.0. The highest BCUT2D eigenvalue weighted by atomic mass is 16.1. The first-order valence-electron chi connectivity index (χ1n) is 6.95. The molecule has 0 spiro atoms. The van der Waals surface area contributed by atoms with Crippen LogP contribution in [0.3, 0.4) is 0 Å². The first-order valence-corrected chi connectivity index (χ1v) is 6.95. The molecule has 0 amide bonds. The van der Waals surface area contributed by atoms with E-state index in [-0.39, 0.29) is 11.6 Å². The number of fused-ring (bicyclic) bond motifs is 2. The third-order valence-electron chi connectivity index (χ3n) is 3.84. The number of rotatable bonds is 1. The molecule has 0 atom stereocenters. The van der Waals surface area contributed by atoms with E-state index in [9.17, 15) is 4.79 Å². The highest BCUT2D eigenvalue weighted by molar-refractivity contribution is 6.14. The zero-order chi connectivity index (χ0) is 14.6. The van der Waals surface area contributed by atoms with Crippen LogP contribution in [0, 0.1) is 0 Å². The molecule has 0 aliphatic rings. The third kappa shape index (κ3) is 1.54. The summed E-state index contributed by atoms with van der Waals surface area (Å²) >= 11 is 0. The number of aromatic nitrogens is 4. The largest absolute Gasteiger partial charge is 0.347 e. The summed E-state index contributed by atoms with van der Waals surface area (Å²) in [5.41, 5.74) is 2.32. The molecule has 0 bridgehead atoms. The van der Waals surface area contributed by atoms with E-state index in [1.807, 2.05) is 44.2 Å². The number of hydrogen-bond donors (Lipinski definition) is 1. The van der Waals surface area contributed by atoms with E-state index in [1.54, 1.807) is 10.8 Å². The van der Waals surface area contributed by atoms with E-state index in [0.29, 0.717) is 5.39 Å². The van der Waals surface area contributed by atoms with Crippen molar-refractivity contribution >= 4 is 32.8 Å². The van der Waals surface area contributed by atoms with Gasteiger partial charge in [-0.25, -0.2) is 0 Å². The smallest absolute Gasteiger partial charge is 0.260 e. The molecule has 3 aromatic heterocycles. The zero-order valence-corrected chi connectivity index (χ0v) is 11.8. The lowest BCUT2D eigenvalue weighted by molar-refractivity contribution is 0.600. The molecule has 4 aromatic rings. The van der Waals surface area contributed by atoms with Crippen molar-refractivity contribution in [3.63, 3.8) is 0 Å². The quantitative estimate of drug-likeness (QED) is 0.582. The van der Waals surface area contributed by atoms with Gasteiger partial charge in [0.25, 0.3) is 5.56 Å². The molecule has 1 aromatic carbocycles. The van der Waals surface area contributed by atoms with Gasteiger partial charge in [0.1, 0.15) is 16.7 Å². The molecule has 0 aliphatic heterocycles. The van der Waals surface area contributed by atoms with Gasteiger partial charge in [0, 0.05) is 23.0 Å². The monoisotopic (exact) mass is 278 g/mol. The van der Waals surface area contributed by atoms with Crippen molar-refractivity contribution in [3.8, 4) is 0 Å². The van der Waals surface area contributed by atoms with Crippen LogP contribution in [0.1, 0.15) is 19.9 Å². The van der Waals surface area contributed by atoms with Gasteiger partial charge in [-0.05, 0) is 26.0 Å². The van der Waals surface area contributed by atoms with Crippen LogP contribution in [-0.2, 0) is 0 Å². The minimum absolute atomic E-state index is 0.0117. The Morgan fingerprint density at radius 3 is 2.62 bits per heavy atom. The molecule has 5 heteroatoms. The van der Waals surface area contributed by atoms with E-state index >= 15 is 0 Å². The SMILES string of the molecule is CC(C)n1c(=O)c2ccccc2c2nnc3cc[nH]c1c32. The van der Waals surface area contributed by atoms with Gasteiger partial charge in [-0.2, -0.15) is 0 Å². The first kappa shape index (κ1) is 12.1. The number of nitrogens with one attached hydrogen (secondary N) is 1. The van der Waals surface area contributed by atoms with Crippen LogP contribution in [0.4, 0.5) is 0 Å². The fraction of sp³-hybridized carbons (Fsp3) is 0.188. The van der Waals surface area contributed by atoms with Crippen LogP contribution >= 0.6 is 0 Å².